The maximum Gasteiger partial charge on any atom is 0.255 e. The molecule has 0 aliphatic rings. The lowest BCUT2D eigenvalue weighted by atomic mass is 10.1. The minimum absolute atomic E-state index is 0.0494. The number of nitrogens with zero attached hydrogens (tertiary/aromatic N) is 1. The van der Waals surface area contributed by atoms with Gasteiger partial charge in [-0.25, -0.2) is 4.98 Å². The maximum atomic E-state index is 12.4. The van der Waals surface area contributed by atoms with Gasteiger partial charge in [-0.05, 0) is 48.9 Å². The number of H-pyrrole nitrogens is 1. The van der Waals surface area contributed by atoms with Crippen LogP contribution in [0.1, 0.15) is 41.1 Å². The fourth-order valence-corrected chi connectivity index (χ4v) is 3.43. The smallest absolute Gasteiger partial charge is 0.255 e. The van der Waals surface area contributed by atoms with Crippen molar-refractivity contribution < 1.29 is 9.59 Å². The standard InChI is InChI=1S/C25H24N4O2/c1-17(26-24(30)15-14-23-28-21-12-5-6-13-22(21)29-23)19-10-7-11-20(16-19)27-25(31)18-8-3-2-4-9-18/h2-13,16-17H,14-15H2,1H3,(H,26,30)(H,27,31)(H,28,29). The van der Waals surface area contributed by atoms with Crippen LogP contribution in [0.3, 0.4) is 0 Å². The topological polar surface area (TPSA) is 86.9 Å². The Morgan fingerprint density at radius 2 is 1.74 bits per heavy atom. The lowest BCUT2D eigenvalue weighted by molar-refractivity contribution is -0.121. The Morgan fingerprint density at radius 3 is 2.55 bits per heavy atom. The largest absolute Gasteiger partial charge is 0.350 e. The first kappa shape index (κ1) is 20.3. The molecule has 156 valence electrons. The summed E-state index contributed by atoms with van der Waals surface area (Å²) in [4.78, 5) is 32.6. The molecule has 1 atom stereocenters. The van der Waals surface area contributed by atoms with Crippen LogP contribution in [-0.4, -0.2) is 21.8 Å². The molecule has 6 nitrogen and oxygen atoms in total. The third-order valence-corrected chi connectivity index (χ3v) is 5.09. The molecule has 0 fully saturated rings. The summed E-state index contributed by atoms with van der Waals surface area (Å²) >= 11 is 0. The molecular weight excluding hydrogens is 388 g/mol. The second-order valence-electron chi connectivity index (χ2n) is 7.44. The first-order chi connectivity index (χ1) is 15.1. The van der Waals surface area contributed by atoms with Gasteiger partial charge in [-0.3, -0.25) is 9.59 Å². The van der Waals surface area contributed by atoms with Crippen LogP contribution in [0.15, 0.2) is 78.9 Å². The average molecular weight is 412 g/mol. The molecule has 2 amide bonds. The number of fused-ring (bicyclic) bond motifs is 1. The number of hydrogen-bond acceptors (Lipinski definition) is 3. The highest BCUT2D eigenvalue weighted by atomic mass is 16.2. The lowest BCUT2D eigenvalue weighted by Crippen LogP contribution is -2.27. The number of amides is 2. The van der Waals surface area contributed by atoms with Gasteiger partial charge in [0.05, 0.1) is 17.1 Å². The van der Waals surface area contributed by atoms with Crippen molar-refractivity contribution in [1.82, 2.24) is 15.3 Å². The zero-order valence-corrected chi connectivity index (χ0v) is 17.3. The predicted octanol–water partition coefficient (Wildman–Crippen LogP) is 4.63. The third-order valence-electron chi connectivity index (χ3n) is 5.09. The molecule has 4 aromatic rings. The molecule has 6 heteroatoms. The van der Waals surface area contributed by atoms with Gasteiger partial charge < -0.3 is 15.6 Å². The van der Waals surface area contributed by atoms with E-state index in [1.165, 1.54) is 0 Å². The van der Waals surface area contributed by atoms with Crippen LogP contribution in [0.5, 0.6) is 0 Å². The van der Waals surface area contributed by atoms with Crippen molar-refractivity contribution >= 4 is 28.5 Å². The van der Waals surface area contributed by atoms with Gasteiger partial charge in [-0.15, -0.1) is 0 Å². The normalized spacial score (nSPS) is 11.8. The van der Waals surface area contributed by atoms with Gasteiger partial charge in [-0.1, -0.05) is 42.5 Å². The van der Waals surface area contributed by atoms with E-state index in [-0.39, 0.29) is 17.9 Å². The monoisotopic (exact) mass is 412 g/mol. The Bertz CT molecular complexity index is 1170. The second kappa shape index (κ2) is 9.26. The molecule has 31 heavy (non-hydrogen) atoms. The molecule has 1 heterocycles. The van der Waals surface area contributed by atoms with E-state index in [2.05, 4.69) is 20.6 Å². The van der Waals surface area contributed by atoms with E-state index in [1.807, 2.05) is 73.7 Å². The first-order valence-electron chi connectivity index (χ1n) is 10.3. The fraction of sp³-hybridized carbons (Fsp3) is 0.160. The number of anilines is 1. The van der Waals surface area contributed by atoms with Crippen molar-refractivity contribution in [2.45, 2.75) is 25.8 Å². The predicted molar refractivity (Wildman–Crippen MR) is 122 cm³/mol. The number of rotatable bonds is 7. The fourth-order valence-electron chi connectivity index (χ4n) is 3.43. The number of benzene rings is 3. The van der Waals surface area contributed by atoms with E-state index in [4.69, 9.17) is 0 Å². The Kier molecular flexibility index (Phi) is 6.08. The third kappa shape index (κ3) is 5.17. The van der Waals surface area contributed by atoms with Gasteiger partial charge in [0.2, 0.25) is 5.91 Å². The highest BCUT2D eigenvalue weighted by molar-refractivity contribution is 6.04. The summed E-state index contributed by atoms with van der Waals surface area (Å²) in [5, 5.41) is 5.92. The van der Waals surface area contributed by atoms with Gasteiger partial charge >= 0.3 is 0 Å². The number of para-hydroxylation sites is 2. The molecule has 0 aliphatic carbocycles. The van der Waals surface area contributed by atoms with E-state index < -0.39 is 0 Å². The zero-order valence-electron chi connectivity index (χ0n) is 17.3. The van der Waals surface area contributed by atoms with Crippen LogP contribution in [-0.2, 0) is 11.2 Å². The number of hydrogen-bond donors (Lipinski definition) is 3. The van der Waals surface area contributed by atoms with E-state index in [0.29, 0.717) is 24.1 Å². The second-order valence-corrected chi connectivity index (χ2v) is 7.44. The van der Waals surface area contributed by atoms with Crippen LogP contribution in [0.4, 0.5) is 5.69 Å². The summed E-state index contributed by atoms with van der Waals surface area (Å²) in [7, 11) is 0. The number of carbonyl (C=O) groups is 2. The van der Waals surface area contributed by atoms with E-state index in [1.54, 1.807) is 12.1 Å². The number of aromatic nitrogens is 2. The summed E-state index contributed by atoms with van der Waals surface area (Å²) in [5.74, 6) is 0.585. The molecule has 1 unspecified atom stereocenters. The average Bonchev–Trinajstić information content (AvgIpc) is 3.21. The molecule has 3 N–H and O–H groups in total. The Labute approximate surface area is 180 Å². The van der Waals surface area contributed by atoms with Crippen LogP contribution < -0.4 is 10.6 Å². The summed E-state index contributed by atoms with van der Waals surface area (Å²) in [6.45, 7) is 1.93. The molecule has 0 bridgehead atoms. The minimum Gasteiger partial charge on any atom is -0.350 e. The number of aromatic amines is 1. The van der Waals surface area contributed by atoms with E-state index in [9.17, 15) is 9.59 Å². The summed E-state index contributed by atoms with van der Waals surface area (Å²) in [6.07, 6.45) is 0.884. The number of imidazole rings is 1. The van der Waals surface area contributed by atoms with Crippen LogP contribution in [0.25, 0.3) is 11.0 Å². The van der Waals surface area contributed by atoms with Crippen LogP contribution in [0.2, 0.25) is 0 Å². The van der Waals surface area contributed by atoms with Crippen molar-refractivity contribution in [3.8, 4) is 0 Å². The number of carbonyl (C=O) groups excluding carboxylic acids is 2. The quantitative estimate of drug-likeness (QED) is 0.414. The Balaban J connectivity index is 1.33. The maximum absolute atomic E-state index is 12.4. The van der Waals surface area contributed by atoms with Crippen LogP contribution >= 0.6 is 0 Å². The van der Waals surface area contributed by atoms with Gasteiger partial charge in [0.1, 0.15) is 5.82 Å². The van der Waals surface area contributed by atoms with Crippen molar-refractivity contribution in [2.75, 3.05) is 5.32 Å². The van der Waals surface area contributed by atoms with Crippen molar-refractivity contribution in [3.63, 3.8) is 0 Å². The molecule has 0 aliphatic heterocycles. The minimum atomic E-state index is -0.184. The lowest BCUT2D eigenvalue weighted by Gasteiger charge is -2.15. The Hall–Kier alpha value is -3.93. The van der Waals surface area contributed by atoms with Gasteiger partial charge in [-0.2, -0.15) is 0 Å². The molecule has 0 saturated heterocycles. The van der Waals surface area contributed by atoms with Crippen LogP contribution in [0, 0.1) is 0 Å². The molecule has 0 spiro atoms. The van der Waals surface area contributed by atoms with Gasteiger partial charge in [0.15, 0.2) is 0 Å². The Morgan fingerprint density at radius 1 is 0.968 bits per heavy atom. The molecule has 0 saturated carbocycles. The number of aryl methyl sites for hydroxylation is 1. The van der Waals surface area contributed by atoms with Crippen molar-refractivity contribution in [3.05, 3.63) is 95.8 Å². The highest BCUT2D eigenvalue weighted by Crippen LogP contribution is 2.19. The molecular formula is C25H24N4O2. The van der Waals surface area contributed by atoms with E-state index in [0.717, 1.165) is 22.4 Å². The van der Waals surface area contributed by atoms with Gasteiger partial charge in [0.25, 0.3) is 5.91 Å². The summed E-state index contributed by atoms with van der Waals surface area (Å²) in [6, 6.07) is 24.2. The SMILES string of the molecule is CC(NC(=O)CCc1nc2ccccc2[nH]1)c1cccc(NC(=O)c2ccccc2)c1. The molecule has 4 rings (SSSR count). The number of nitrogens with one attached hydrogen (secondary N) is 3. The van der Waals surface area contributed by atoms with E-state index >= 15 is 0 Å². The summed E-state index contributed by atoms with van der Waals surface area (Å²) < 4.78 is 0. The van der Waals surface area contributed by atoms with Crippen molar-refractivity contribution in [2.24, 2.45) is 0 Å². The van der Waals surface area contributed by atoms with Crippen molar-refractivity contribution in [1.29, 1.82) is 0 Å². The summed E-state index contributed by atoms with van der Waals surface area (Å²) in [5.41, 5.74) is 4.08. The van der Waals surface area contributed by atoms with Gasteiger partial charge in [0, 0.05) is 24.1 Å². The molecule has 0 radical (unpaired) electrons. The first-order valence-corrected chi connectivity index (χ1v) is 10.3. The molecule has 3 aromatic carbocycles. The highest BCUT2D eigenvalue weighted by Gasteiger charge is 2.12. The zero-order chi connectivity index (χ0) is 21.6. The molecule has 1 aromatic heterocycles.